The van der Waals surface area contributed by atoms with Gasteiger partial charge in [-0.05, 0) is 39.0 Å². The lowest BCUT2D eigenvalue weighted by Crippen LogP contribution is -2.22. The van der Waals surface area contributed by atoms with Crippen LogP contribution in [-0.2, 0) is 0 Å². The first-order valence-electron chi connectivity index (χ1n) is 4.51. The molecule has 0 aromatic heterocycles. The predicted molar refractivity (Wildman–Crippen MR) is 58.8 cm³/mol. The first-order valence-corrected chi connectivity index (χ1v) is 4.89. The third-order valence-corrected chi connectivity index (χ3v) is 1.91. The number of ether oxygens (including phenoxy) is 1. The van der Waals surface area contributed by atoms with Crippen molar-refractivity contribution >= 4 is 17.6 Å². The molecule has 0 aliphatic carbocycles. The molecule has 15 heavy (non-hydrogen) atoms. The lowest BCUT2D eigenvalue weighted by molar-refractivity contribution is 0.0697. The summed E-state index contributed by atoms with van der Waals surface area (Å²) in [6, 6.07) is 4.54. The second-order valence-electron chi connectivity index (χ2n) is 4.16. The average molecular weight is 229 g/mol. The van der Waals surface area contributed by atoms with E-state index in [4.69, 9.17) is 21.4 Å². The molecule has 0 fully saturated rings. The Morgan fingerprint density at radius 3 is 2.40 bits per heavy atom. The van der Waals surface area contributed by atoms with Gasteiger partial charge in [0.15, 0.2) is 0 Å². The van der Waals surface area contributed by atoms with E-state index in [1.54, 1.807) is 6.07 Å². The Morgan fingerprint density at radius 2 is 2.00 bits per heavy atom. The number of aromatic carboxylic acids is 1. The predicted octanol–water partition coefficient (Wildman–Crippen LogP) is 3.22. The summed E-state index contributed by atoms with van der Waals surface area (Å²) < 4.78 is 5.54. The minimum Gasteiger partial charge on any atom is -0.488 e. The van der Waals surface area contributed by atoms with Crippen LogP contribution in [0.25, 0.3) is 0 Å². The third-order valence-electron chi connectivity index (χ3n) is 1.59. The Hall–Kier alpha value is -1.22. The van der Waals surface area contributed by atoms with Gasteiger partial charge in [0.05, 0.1) is 10.6 Å². The summed E-state index contributed by atoms with van der Waals surface area (Å²) in [4.78, 5) is 10.7. The SMILES string of the molecule is CC(C)(C)Oc1ccc(C(=O)O)c(Cl)c1. The molecule has 0 radical (unpaired) electrons. The lowest BCUT2D eigenvalue weighted by atomic mass is 10.1. The Balaban J connectivity index is 2.97. The van der Waals surface area contributed by atoms with Gasteiger partial charge in [0.25, 0.3) is 0 Å². The summed E-state index contributed by atoms with van der Waals surface area (Å²) in [5.41, 5.74) is -0.244. The molecule has 1 aromatic rings. The van der Waals surface area contributed by atoms with Crippen molar-refractivity contribution < 1.29 is 14.6 Å². The second-order valence-corrected chi connectivity index (χ2v) is 4.57. The van der Waals surface area contributed by atoms with Crippen LogP contribution >= 0.6 is 11.6 Å². The number of halogens is 1. The molecule has 0 aliphatic rings. The van der Waals surface area contributed by atoms with Crippen molar-refractivity contribution in [1.82, 2.24) is 0 Å². The Morgan fingerprint density at radius 1 is 1.40 bits per heavy atom. The van der Waals surface area contributed by atoms with Crippen LogP contribution in [0.2, 0.25) is 5.02 Å². The molecule has 0 bridgehead atoms. The van der Waals surface area contributed by atoms with E-state index in [2.05, 4.69) is 0 Å². The fourth-order valence-electron chi connectivity index (χ4n) is 1.09. The maximum absolute atomic E-state index is 10.7. The fourth-order valence-corrected chi connectivity index (χ4v) is 1.34. The van der Waals surface area contributed by atoms with E-state index in [0.29, 0.717) is 5.75 Å². The zero-order valence-corrected chi connectivity index (χ0v) is 9.63. The summed E-state index contributed by atoms with van der Waals surface area (Å²) in [7, 11) is 0. The molecule has 0 unspecified atom stereocenters. The standard InChI is InChI=1S/C11H13ClO3/c1-11(2,3)15-7-4-5-8(10(13)14)9(12)6-7/h4-6H,1-3H3,(H,13,14). The molecular formula is C11H13ClO3. The van der Waals surface area contributed by atoms with Crippen LogP contribution < -0.4 is 4.74 Å². The zero-order chi connectivity index (χ0) is 11.6. The van der Waals surface area contributed by atoms with Crippen molar-refractivity contribution in [2.45, 2.75) is 26.4 Å². The van der Waals surface area contributed by atoms with Gasteiger partial charge in [-0.3, -0.25) is 0 Å². The highest BCUT2D eigenvalue weighted by atomic mass is 35.5. The van der Waals surface area contributed by atoms with Crippen molar-refractivity contribution in [3.05, 3.63) is 28.8 Å². The molecule has 0 spiro atoms. The van der Waals surface area contributed by atoms with E-state index in [0.717, 1.165) is 0 Å². The van der Waals surface area contributed by atoms with Crippen LogP contribution in [0.3, 0.4) is 0 Å². The van der Waals surface area contributed by atoms with Gasteiger partial charge in [0, 0.05) is 0 Å². The third kappa shape index (κ3) is 3.44. The number of hydrogen-bond donors (Lipinski definition) is 1. The number of carbonyl (C=O) groups is 1. The minimum absolute atomic E-state index is 0.0814. The highest BCUT2D eigenvalue weighted by Gasteiger charge is 2.14. The van der Waals surface area contributed by atoms with Gasteiger partial charge in [-0.2, -0.15) is 0 Å². The number of rotatable bonds is 2. The maximum atomic E-state index is 10.7. The molecule has 1 aromatic carbocycles. The highest BCUT2D eigenvalue weighted by Crippen LogP contribution is 2.25. The van der Waals surface area contributed by atoms with E-state index >= 15 is 0 Å². The van der Waals surface area contributed by atoms with Crippen molar-refractivity contribution in [2.24, 2.45) is 0 Å². The molecule has 0 saturated carbocycles. The quantitative estimate of drug-likeness (QED) is 0.846. The molecule has 1 N–H and O–H groups in total. The van der Waals surface area contributed by atoms with Crippen LogP contribution in [0.5, 0.6) is 5.75 Å². The molecule has 0 amide bonds. The first-order chi connectivity index (χ1) is 6.79. The number of benzene rings is 1. The zero-order valence-electron chi connectivity index (χ0n) is 8.87. The van der Waals surface area contributed by atoms with Crippen LogP contribution in [0.1, 0.15) is 31.1 Å². The highest BCUT2D eigenvalue weighted by molar-refractivity contribution is 6.33. The summed E-state index contributed by atoms with van der Waals surface area (Å²) in [5, 5.41) is 8.95. The Bertz CT molecular complexity index is 380. The summed E-state index contributed by atoms with van der Waals surface area (Å²) >= 11 is 5.79. The largest absolute Gasteiger partial charge is 0.488 e. The van der Waals surface area contributed by atoms with E-state index < -0.39 is 5.97 Å². The summed E-state index contributed by atoms with van der Waals surface area (Å²) in [5.74, 6) is -0.472. The molecule has 0 aliphatic heterocycles. The van der Waals surface area contributed by atoms with Crippen LogP contribution in [0, 0.1) is 0 Å². The van der Waals surface area contributed by atoms with Crippen molar-refractivity contribution in [3.63, 3.8) is 0 Å². The first kappa shape index (κ1) is 11.9. The van der Waals surface area contributed by atoms with E-state index in [-0.39, 0.29) is 16.2 Å². The van der Waals surface area contributed by atoms with Gasteiger partial charge in [0.2, 0.25) is 0 Å². The van der Waals surface area contributed by atoms with E-state index in [1.807, 2.05) is 20.8 Å². The van der Waals surface area contributed by atoms with Crippen LogP contribution in [0.4, 0.5) is 0 Å². The van der Waals surface area contributed by atoms with Gasteiger partial charge in [-0.1, -0.05) is 11.6 Å². The van der Waals surface area contributed by atoms with Crippen molar-refractivity contribution in [3.8, 4) is 5.75 Å². The van der Waals surface area contributed by atoms with Gasteiger partial charge in [-0.25, -0.2) is 4.79 Å². The normalized spacial score (nSPS) is 11.2. The minimum atomic E-state index is -1.04. The van der Waals surface area contributed by atoms with E-state index in [9.17, 15) is 4.79 Å². The number of carboxylic acids is 1. The van der Waals surface area contributed by atoms with Gasteiger partial charge in [0.1, 0.15) is 11.4 Å². The summed E-state index contributed by atoms with van der Waals surface area (Å²) in [6.45, 7) is 5.73. The monoisotopic (exact) mass is 228 g/mol. The van der Waals surface area contributed by atoms with Crippen LogP contribution in [0.15, 0.2) is 18.2 Å². The van der Waals surface area contributed by atoms with Crippen molar-refractivity contribution in [2.75, 3.05) is 0 Å². The smallest absolute Gasteiger partial charge is 0.337 e. The molecular weight excluding hydrogens is 216 g/mol. The Kier molecular flexibility index (Phi) is 3.25. The van der Waals surface area contributed by atoms with Crippen molar-refractivity contribution in [1.29, 1.82) is 0 Å². The average Bonchev–Trinajstić information content (AvgIpc) is 1.99. The molecule has 0 heterocycles. The van der Waals surface area contributed by atoms with Gasteiger partial charge >= 0.3 is 5.97 Å². The fraction of sp³-hybridized carbons (Fsp3) is 0.364. The molecule has 0 atom stereocenters. The Labute approximate surface area is 93.6 Å². The van der Waals surface area contributed by atoms with E-state index in [1.165, 1.54) is 12.1 Å². The van der Waals surface area contributed by atoms with Gasteiger partial charge in [-0.15, -0.1) is 0 Å². The summed E-state index contributed by atoms with van der Waals surface area (Å²) in [6.07, 6.45) is 0. The topological polar surface area (TPSA) is 46.5 Å². The molecule has 4 heteroatoms. The molecule has 82 valence electrons. The number of carboxylic acid groups (broad SMARTS) is 1. The molecule has 3 nitrogen and oxygen atoms in total. The lowest BCUT2D eigenvalue weighted by Gasteiger charge is -2.21. The maximum Gasteiger partial charge on any atom is 0.337 e. The molecule has 0 saturated heterocycles. The second kappa shape index (κ2) is 4.11. The number of hydrogen-bond acceptors (Lipinski definition) is 2. The van der Waals surface area contributed by atoms with Gasteiger partial charge < -0.3 is 9.84 Å². The molecule has 1 rings (SSSR count). The van der Waals surface area contributed by atoms with Crippen LogP contribution in [-0.4, -0.2) is 16.7 Å².